The molecule has 1 aliphatic rings. The highest BCUT2D eigenvalue weighted by Crippen LogP contribution is 2.24. The normalized spacial score (nSPS) is 14.6. The Morgan fingerprint density at radius 1 is 1.25 bits per heavy atom. The van der Waals surface area contributed by atoms with Gasteiger partial charge in [0, 0.05) is 13.1 Å². The SMILES string of the molecule is CC(C)COC(=O)N1CCc2ccc(C(C)C)cc2C1. The molecule has 0 radical (unpaired) electrons. The van der Waals surface area contributed by atoms with Gasteiger partial charge in [-0.15, -0.1) is 0 Å². The topological polar surface area (TPSA) is 29.5 Å². The van der Waals surface area contributed by atoms with E-state index in [1.54, 1.807) is 0 Å². The van der Waals surface area contributed by atoms with Crippen LogP contribution >= 0.6 is 0 Å². The van der Waals surface area contributed by atoms with Crippen LogP contribution in [0.3, 0.4) is 0 Å². The van der Waals surface area contributed by atoms with E-state index in [9.17, 15) is 4.79 Å². The average Bonchev–Trinajstić information content (AvgIpc) is 2.43. The summed E-state index contributed by atoms with van der Waals surface area (Å²) >= 11 is 0. The molecule has 1 aromatic rings. The van der Waals surface area contributed by atoms with Crippen LogP contribution in [-0.4, -0.2) is 24.1 Å². The third-order valence-corrected chi connectivity index (χ3v) is 3.71. The van der Waals surface area contributed by atoms with Gasteiger partial charge in [-0.25, -0.2) is 4.79 Å². The smallest absolute Gasteiger partial charge is 0.410 e. The van der Waals surface area contributed by atoms with Crippen LogP contribution in [0.15, 0.2) is 18.2 Å². The molecular weight excluding hydrogens is 250 g/mol. The van der Waals surface area contributed by atoms with Gasteiger partial charge in [-0.2, -0.15) is 0 Å². The summed E-state index contributed by atoms with van der Waals surface area (Å²) in [7, 11) is 0. The van der Waals surface area contributed by atoms with Crippen molar-refractivity contribution in [3.05, 3.63) is 34.9 Å². The van der Waals surface area contributed by atoms with Gasteiger partial charge in [0.25, 0.3) is 0 Å². The summed E-state index contributed by atoms with van der Waals surface area (Å²) in [6.45, 7) is 10.4. The Kier molecular flexibility index (Phi) is 4.69. The van der Waals surface area contributed by atoms with Crippen LogP contribution in [0.1, 0.15) is 50.3 Å². The fourth-order valence-electron chi connectivity index (χ4n) is 2.42. The van der Waals surface area contributed by atoms with Crippen LogP contribution in [-0.2, 0) is 17.7 Å². The van der Waals surface area contributed by atoms with Crippen LogP contribution in [0.25, 0.3) is 0 Å². The number of benzene rings is 1. The Bertz CT molecular complexity index is 480. The highest BCUT2D eigenvalue weighted by atomic mass is 16.6. The van der Waals surface area contributed by atoms with Gasteiger partial charge < -0.3 is 9.64 Å². The number of amides is 1. The molecular formula is C17H25NO2. The first-order chi connectivity index (χ1) is 9.47. The van der Waals surface area contributed by atoms with Gasteiger partial charge in [-0.05, 0) is 34.9 Å². The summed E-state index contributed by atoms with van der Waals surface area (Å²) in [5.41, 5.74) is 3.97. The van der Waals surface area contributed by atoms with E-state index in [0.29, 0.717) is 25.0 Å². The molecule has 0 unspecified atom stereocenters. The highest BCUT2D eigenvalue weighted by molar-refractivity contribution is 5.68. The van der Waals surface area contributed by atoms with E-state index < -0.39 is 0 Å². The highest BCUT2D eigenvalue weighted by Gasteiger charge is 2.22. The van der Waals surface area contributed by atoms with E-state index in [4.69, 9.17) is 4.74 Å². The summed E-state index contributed by atoms with van der Waals surface area (Å²) in [5, 5.41) is 0. The van der Waals surface area contributed by atoms with Crippen molar-refractivity contribution in [1.29, 1.82) is 0 Å². The number of carbonyl (C=O) groups is 1. The monoisotopic (exact) mass is 275 g/mol. The maximum absolute atomic E-state index is 12.0. The maximum Gasteiger partial charge on any atom is 0.410 e. The largest absolute Gasteiger partial charge is 0.449 e. The Hall–Kier alpha value is -1.51. The molecule has 3 nitrogen and oxygen atoms in total. The lowest BCUT2D eigenvalue weighted by molar-refractivity contribution is 0.0879. The van der Waals surface area contributed by atoms with Gasteiger partial charge in [0.05, 0.1) is 6.61 Å². The van der Waals surface area contributed by atoms with Crippen molar-refractivity contribution in [1.82, 2.24) is 4.90 Å². The molecule has 0 atom stereocenters. The molecule has 0 fully saturated rings. The second kappa shape index (κ2) is 6.29. The first-order valence-electron chi connectivity index (χ1n) is 7.50. The molecule has 0 aromatic heterocycles. The average molecular weight is 275 g/mol. The van der Waals surface area contributed by atoms with Crippen LogP contribution in [0.5, 0.6) is 0 Å². The predicted molar refractivity (Wildman–Crippen MR) is 80.8 cm³/mol. The van der Waals surface area contributed by atoms with Crippen molar-refractivity contribution < 1.29 is 9.53 Å². The molecule has 20 heavy (non-hydrogen) atoms. The second-order valence-corrected chi connectivity index (χ2v) is 6.33. The van der Waals surface area contributed by atoms with Crippen LogP contribution in [0.2, 0.25) is 0 Å². The van der Waals surface area contributed by atoms with Crippen LogP contribution in [0.4, 0.5) is 4.79 Å². The van der Waals surface area contributed by atoms with Gasteiger partial charge in [-0.1, -0.05) is 45.9 Å². The van der Waals surface area contributed by atoms with Gasteiger partial charge in [0.2, 0.25) is 0 Å². The van der Waals surface area contributed by atoms with Crippen molar-refractivity contribution in [3.63, 3.8) is 0 Å². The fourth-order valence-corrected chi connectivity index (χ4v) is 2.42. The van der Waals surface area contributed by atoms with Crippen molar-refractivity contribution in [3.8, 4) is 0 Å². The first-order valence-corrected chi connectivity index (χ1v) is 7.50. The molecule has 0 saturated heterocycles. The standard InChI is InChI=1S/C17H25NO2/c1-12(2)11-20-17(19)18-8-7-14-5-6-15(13(3)4)9-16(14)10-18/h5-6,9,12-13H,7-8,10-11H2,1-4H3. The number of rotatable bonds is 3. The number of hydrogen-bond acceptors (Lipinski definition) is 2. The summed E-state index contributed by atoms with van der Waals surface area (Å²) in [4.78, 5) is 13.8. The number of hydrogen-bond donors (Lipinski definition) is 0. The van der Waals surface area contributed by atoms with E-state index in [1.165, 1.54) is 16.7 Å². The third kappa shape index (κ3) is 3.53. The molecule has 1 amide bonds. The Morgan fingerprint density at radius 3 is 2.65 bits per heavy atom. The van der Waals surface area contributed by atoms with Gasteiger partial charge in [0.1, 0.15) is 0 Å². The molecule has 1 aliphatic heterocycles. The summed E-state index contributed by atoms with van der Waals surface area (Å²) < 4.78 is 5.32. The predicted octanol–water partition coefficient (Wildman–Crippen LogP) is 3.96. The van der Waals surface area contributed by atoms with E-state index in [1.807, 2.05) is 18.7 Å². The molecule has 2 rings (SSSR count). The maximum atomic E-state index is 12.0. The lowest BCUT2D eigenvalue weighted by atomic mass is 9.93. The lowest BCUT2D eigenvalue weighted by Crippen LogP contribution is -2.36. The molecule has 0 N–H and O–H groups in total. The summed E-state index contributed by atoms with van der Waals surface area (Å²) in [6.07, 6.45) is 0.740. The van der Waals surface area contributed by atoms with Crippen molar-refractivity contribution in [2.75, 3.05) is 13.2 Å². The second-order valence-electron chi connectivity index (χ2n) is 6.33. The number of carbonyl (C=O) groups excluding carboxylic acids is 1. The zero-order chi connectivity index (χ0) is 14.7. The Morgan fingerprint density at radius 2 is 2.00 bits per heavy atom. The Balaban J connectivity index is 2.05. The fraction of sp³-hybridized carbons (Fsp3) is 0.588. The minimum atomic E-state index is -0.181. The minimum Gasteiger partial charge on any atom is -0.449 e. The van der Waals surface area contributed by atoms with E-state index in [-0.39, 0.29) is 6.09 Å². The third-order valence-electron chi connectivity index (χ3n) is 3.71. The summed E-state index contributed by atoms with van der Waals surface area (Å²) in [5.74, 6) is 0.895. The van der Waals surface area contributed by atoms with Crippen LogP contribution in [0, 0.1) is 5.92 Å². The van der Waals surface area contributed by atoms with Crippen molar-refractivity contribution in [2.24, 2.45) is 5.92 Å². The van der Waals surface area contributed by atoms with E-state index >= 15 is 0 Å². The molecule has 0 spiro atoms. The number of fused-ring (bicyclic) bond motifs is 1. The zero-order valence-corrected chi connectivity index (χ0v) is 13.0. The Labute approximate surface area is 121 Å². The molecule has 0 bridgehead atoms. The molecule has 3 heteroatoms. The molecule has 1 aromatic carbocycles. The van der Waals surface area contributed by atoms with Gasteiger partial charge in [-0.3, -0.25) is 0 Å². The number of ether oxygens (including phenoxy) is 1. The van der Waals surface area contributed by atoms with E-state index in [2.05, 4.69) is 32.0 Å². The first kappa shape index (κ1) is 14.9. The molecule has 1 heterocycles. The quantitative estimate of drug-likeness (QED) is 0.835. The van der Waals surface area contributed by atoms with Gasteiger partial charge >= 0.3 is 6.09 Å². The van der Waals surface area contributed by atoms with Gasteiger partial charge in [0.15, 0.2) is 0 Å². The minimum absolute atomic E-state index is 0.181. The lowest BCUT2D eigenvalue weighted by Gasteiger charge is -2.29. The molecule has 110 valence electrons. The zero-order valence-electron chi connectivity index (χ0n) is 13.0. The molecule has 0 saturated carbocycles. The van der Waals surface area contributed by atoms with E-state index in [0.717, 1.165) is 13.0 Å². The molecule has 0 aliphatic carbocycles. The van der Waals surface area contributed by atoms with Crippen molar-refractivity contribution in [2.45, 2.75) is 46.6 Å². The van der Waals surface area contributed by atoms with Crippen molar-refractivity contribution >= 4 is 6.09 Å². The summed E-state index contributed by atoms with van der Waals surface area (Å²) in [6, 6.07) is 6.65. The number of nitrogens with zero attached hydrogens (tertiary/aromatic N) is 1. The van der Waals surface area contributed by atoms with Crippen LogP contribution < -0.4 is 0 Å².